The van der Waals surface area contributed by atoms with E-state index in [1.165, 1.54) is 0 Å². The van der Waals surface area contributed by atoms with Crippen LogP contribution < -0.4 is 9.64 Å². The SMILES string of the molecule is Cc1noc(C)c1COc1ccc(C(=O)OCC(=O)N2CCc3ccccc32)cc1. The number of fused-ring (bicyclic) bond motifs is 1. The second kappa shape index (κ2) is 8.41. The molecule has 0 unspecified atom stereocenters. The second-order valence-electron chi connectivity index (χ2n) is 7.12. The molecule has 0 fully saturated rings. The van der Waals surface area contributed by atoms with Crippen molar-refractivity contribution in [1.82, 2.24) is 5.16 Å². The number of hydrogen-bond donors (Lipinski definition) is 0. The lowest BCUT2D eigenvalue weighted by Gasteiger charge is -2.17. The normalized spacial score (nSPS) is 12.5. The molecule has 1 aliphatic rings. The molecule has 0 aliphatic carbocycles. The Bertz CT molecular complexity index is 1050. The quantitative estimate of drug-likeness (QED) is 0.582. The highest BCUT2D eigenvalue weighted by atomic mass is 16.5. The monoisotopic (exact) mass is 406 g/mol. The highest BCUT2D eigenvalue weighted by Gasteiger charge is 2.25. The molecule has 3 aromatic rings. The first-order chi connectivity index (χ1) is 14.5. The molecular weight excluding hydrogens is 384 g/mol. The maximum atomic E-state index is 12.5. The van der Waals surface area contributed by atoms with Crippen LogP contribution in [0.3, 0.4) is 0 Å². The van der Waals surface area contributed by atoms with E-state index in [-0.39, 0.29) is 12.5 Å². The minimum absolute atomic E-state index is 0.229. The van der Waals surface area contributed by atoms with Gasteiger partial charge in [0.1, 0.15) is 18.1 Å². The van der Waals surface area contributed by atoms with Crippen LogP contribution >= 0.6 is 0 Å². The Morgan fingerprint density at radius 1 is 1.10 bits per heavy atom. The summed E-state index contributed by atoms with van der Waals surface area (Å²) in [7, 11) is 0. The van der Waals surface area contributed by atoms with Crippen molar-refractivity contribution in [3.8, 4) is 5.75 Å². The van der Waals surface area contributed by atoms with E-state index in [1.807, 2.05) is 38.1 Å². The Kier molecular flexibility index (Phi) is 5.52. The Labute approximate surface area is 174 Å². The van der Waals surface area contributed by atoms with Crippen LogP contribution in [0.1, 0.15) is 32.9 Å². The predicted molar refractivity (Wildman–Crippen MR) is 110 cm³/mol. The van der Waals surface area contributed by atoms with Gasteiger partial charge >= 0.3 is 5.97 Å². The number of ether oxygens (including phenoxy) is 2. The first-order valence-corrected chi connectivity index (χ1v) is 9.73. The third kappa shape index (κ3) is 4.05. The van der Waals surface area contributed by atoms with Gasteiger partial charge < -0.3 is 18.9 Å². The summed E-state index contributed by atoms with van der Waals surface area (Å²) in [5.41, 5.74) is 4.07. The van der Waals surface area contributed by atoms with E-state index >= 15 is 0 Å². The molecule has 0 spiro atoms. The number of carbonyl (C=O) groups is 2. The smallest absolute Gasteiger partial charge is 0.338 e. The van der Waals surface area contributed by atoms with Gasteiger partial charge in [0.05, 0.1) is 16.8 Å². The van der Waals surface area contributed by atoms with E-state index in [4.69, 9.17) is 14.0 Å². The number of anilines is 1. The van der Waals surface area contributed by atoms with Crippen molar-refractivity contribution in [3.63, 3.8) is 0 Å². The topological polar surface area (TPSA) is 81.9 Å². The first kappa shape index (κ1) is 19.7. The average Bonchev–Trinajstić information content (AvgIpc) is 3.34. The van der Waals surface area contributed by atoms with Gasteiger partial charge in [0.25, 0.3) is 5.91 Å². The maximum absolute atomic E-state index is 12.5. The number of carbonyl (C=O) groups excluding carboxylic acids is 2. The third-order valence-corrected chi connectivity index (χ3v) is 5.17. The first-order valence-electron chi connectivity index (χ1n) is 9.73. The van der Waals surface area contributed by atoms with Crippen LogP contribution in [0.15, 0.2) is 53.1 Å². The lowest BCUT2D eigenvalue weighted by molar-refractivity contribution is -0.121. The van der Waals surface area contributed by atoms with E-state index in [9.17, 15) is 9.59 Å². The van der Waals surface area contributed by atoms with Crippen molar-refractivity contribution >= 4 is 17.6 Å². The fourth-order valence-electron chi connectivity index (χ4n) is 3.44. The van der Waals surface area contributed by atoms with Crippen LogP contribution in [0.25, 0.3) is 0 Å². The number of aryl methyl sites for hydroxylation is 2. The Morgan fingerprint density at radius 2 is 1.87 bits per heavy atom. The number of rotatable bonds is 6. The molecule has 1 aliphatic heterocycles. The number of aromatic nitrogens is 1. The van der Waals surface area contributed by atoms with Crippen LogP contribution in [0.5, 0.6) is 5.75 Å². The number of hydrogen-bond acceptors (Lipinski definition) is 6. The van der Waals surface area contributed by atoms with E-state index in [0.29, 0.717) is 24.5 Å². The minimum atomic E-state index is -0.548. The molecule has 7 nitrogen and oxygen atoms in total. The van der Waals surface area contributed by atoms with Gasteiger partial charge in [0, 0.05) is 12.2 Å². The summed E-state index contributed by atoms with van der Waals surface area (Å²) < 4.78 is 16.1. The average molecular weight is 406 g/mol. The van der Waals surface area contributed by atoms with Gasteiger partial charge in [0.2, 0.25) is 0 Å². The van der Waals surface area contributed by atoms with Crippen molar-refractivity contribution in [3.05, 3.63) is 76.7 Å². The molecule has 0 saturated heterocycles. The zero-order chi connectivity index (χ0) is 21.1. The van der Waals surface area contributed by atoms with Crippen molar-refractivity contribution in [2.45, 2.75) is 26.9 Å². The minimum Gasteiger partial charge on any atom is -0.489 e. The Morgan fingerprint density at radius 3 is 2.60 bits per heavy atom. The molecule has 4 rings (SSSR count). The lowest BCUT2D eigenvalue weighted by Crippen LogP contribution is -2.33. The molecule has 1 aromatic heterocycles. The molecule has 7 heteroatoms. The summed E-state index contributed by atoms with van der Waals surface area (Å²) >= 11 is 0. The number of esters is 1. The molecule has 0 atom stereocenters. The Hall–Kier alpha value is -3.61. The third-order valence-electron chi connectivity index (χ3n) is 5.17. The zero-order valence-corrected chi connectivity index (χ0v) is 16.9. The molecule has 0 bridgehead atoms. The van der Waals surface area contributed by atoms with Crippen LogP contribution in [-0.2, 0) is 22.6 Å². The van der Waals surface area contributed by atoms with E-state index in [0.717, 1.165) is 34.7 Å². The summed E-state index contributed by atoms with van der Waals surface area (Å²) in [6.07, 6.45) is 0.811. The summed E-state index contributed by atoms with van der Waals surface area (Å²) in [4.78, 5) is 26.4. The summed E-state index contributed by atoms with van der Waals surface area (Å²) in [6.45, 7) is 4.33. The molecule has 0 radical (unpaired) electrons. The number of nitrogens with zero attached hydrogens (tertiary/aromatic N) is 2. The molecule has 0 N–H and O–H groups in total. The highest BCUT2D eigenvalue weighted by molar-refractivity contribution is 5.98. The van der Waals surface area contributed by atoms with E-state index in [1.54, 1.807) is 29.2 Å². The molecule has 0 saturated carbocycles. The standard InChI is InChI=1S/C23H22N2O5/c1-15-20(16(2)30-24-15)13-28-19-9-7-18(8-10-19)23(27)29-14-22(26)25-12-11-17-5-3-4-6-21(17)25/h3-10H,11-14H2,1-2H3. The molecule has 30 heavy (non-hydrogen) atoms. The number of para-hydroxylation sites is 1. The zero-order valence-electron chi connectivity index (χ0n) is 16.9. The molecule has 1 amide bonds. The van der Waals surface area contributed by atoms with Gasteiger partial charge in [-0.3, -0.25) is 4.79 Å². The molecule has 154 valence electrons. The fraction of sp³-hybridized carbons (Fsp3) is 0.261. The van der Waals surface area contributed by atoms with Gasteiger partial charge in [-0.1, -0.05) is 23.4 Å². The highest BCUT2D eigenvalue weighted by Crippen LogP contribution is 2.27. The second-order valence-corrected chi connectivity index (χ2v) is 7.12. The fourth-order valence-corrected chi connectivity index (χ4v) is 3.44. The van der Waals surface area contributed by atoms with E-state index < -0.39 is 5.97 Å². The molecule has 2 aromatic carbocycles. The van der Waals surface area contributed by atoms with Crippen LogP contribution in [0, 0.1) is 13.8 Å². The van der Waals surface area contributed by atoms with Crippen molar-refractivity contribution < 1.29 is 23.6 Å². The van der Waals surface area contributed by atoms with Crippen LogP contribution in [0.2, 0.25) is 0 Å². The largest absolute Gasteiger partial charge is 0.489 e. The van der Waals surface area contributed by atoms with Gasteiger partial charge in [0.15, 0.2) is 6.61 Å². The van der Waals surface area contributed by atoms with Crippen molar-refractivity contribution in [2.75, 3.05) is 18.1 Å². The van der Waals surface area contributed by atoms with Crippen molar-refractivity contribution in [2.24, 2.45) is 0 Å². The molecule has 2 heterocycles. The van der Waals surface area contributed by atoms with Crippen molar-refractivity contribution in [1.29, 1.82) is 0 Å². The summed E-state index contributed by atoms with van der Waals surface area (Å²) in [5, 5.41) is 3.89. The Balaban J connectivity index is 1.30. The number of benzene rings is 2. The predicted octanol–water partition coefficient (Wildman–Crippen LogP) is 3.62. The summed E-state index contributed by atoms with van der Waals surface area (Å²) in [5.74, 6) is 0.551. The van der Waals surface area contributed by atoms with E-state index in [2.05, 4.69) is 5.16 Å². The van der Waals surface area contributed by atoms with Gasteiger partial charge in [-0.15, -0.1) is 0 Å². The maximum Gasteiger partial charge on any atom is 0.338 e. The number of amides is 1. The molecular formula is C23H22N2O5. The van der Waals surface area contributed by atoms with Gasteiger partial charge in [-0.05, 0) is 56.2 Å². The van der Waals surface area contributed by atoms with Gasteiger partial charge in [-0.25, -0.2) is 4.79 Å². The summed E-state index contributed by atoms with van der Waals surface area (Å²) in [6, 6.07) is 14.4. The van der Waals surface area contributed by atoms with Crippen LogP contribution in [-0.4, -0.2) is 30.2 Å². The van der Waals surface area contributed by atoms with Crippen LogP contribution in [0.4, 0.5) is 5.69 Å². The lowest BCUT2D eigenvalue weighted by atomic mass is 10.2. The van der Waals surface area contributed by atoms with Gasteiger partial charge in [-0.2, -0.15) is 0 Å².